The van der Waals surface area contributed by atoms with Crippen molar-refractivity contribution in [1.82, 2.24) is 4.90 Å². The average Bonchev–Trinajstić information content (AvgIpc) is 3.22. The summed E-state index contributed by atoms with van der Waals surface area (Å²) >= 11 is 0. The van der Waals surface area contributed by atoms with E-state index in [4.69, 9.17) is 9.52 Å². The number of aliphatic hydroxyl groups is 2. The summed E-state index contributed by atoms with van der Waals surface area (Å²) in [6.45, 7) is 0.288. The van der Waals surface area contributed by atoms with Gasteiger partial charge in [-0.25, -0.2) is 0 Å². The van der Waals surface area contributed by atoms with Gasteiger partial charge in [-0.3, -0.25) is 19.3 Å². The standard InChI is InChI=1S/C18H18N2O7/c21-14(22)7-6-13(18(25)26)20-16(23)11-4-1-5-12(15(11)17(20)24)19-9-10-3-2-8-27-10/h1-5,8,13,18-19,25-26H,6-7,9H2,(H,21,22). The summed E-state index contributed by atoms with van der Waals surface area (Å²) in [7, 11) is 0. The molecule has 0 saturated carbocycles. The maximum atomic E-state index is 12.9. The van der Waals surface area contributed by atoms with Crippen LogP contribution in [0.4, 0.5) is 5.69 Å². The number of aliphatic hydroxyl groups excluding tert-OH is 1. The summed E-state index contributed by atoms with van der Waals surface area (Å²) in [6, 6.07) is 6.80. The molecule has 0 aliphatic carbocycles. The minimum atomic E-state index is -2.05. The molecule has 0 bridgehead atoms. The quantitative estimate of drug-likeness (QED) is 0.397. The fraction of sp³-hybridized carbons (Fsp3) is 0.278. The zero-order valence-corrected chi connectivity index (χ0v) is 14.2. The minimum absolute atomic E-state index is 0.107. The van der Waals surface area contributed by atoms with Gasteiger partial charge in [-0.05, 0) is 30.7 Å². The van der Waals surface area contributed by atoms with Crippen LogP contribution in [0, 0.1) is 0 Å². The molecule has 1 atom stereocenters. The molecule has 2 amide bonds. The number of carboxylic acids is 1. The van der Waals surface area contributed by atoms with E-state index < -0.39 is 36.5 Å². The van der Waals surface area contributed by atoms with Gasteiger partial charge < -0.3 is 25.1 Å². The molecule has 9 heteroatoms. The summed E-state index contributed by atoms with van der Waals surface area (Å²) in [5.41, 5.74) is 0.620. The topological polar surface area (TPSA) is 140 Å². The predicted octanol–water partition coefficient (Wildman–Crippen LogP) is 1.03. The highest BCUT2D eigenvalue weighted by molar-refractivity contribution is 6.24. The Bertz CT molecular complexity index is 861. The number of fused-ring (bicyclic) bond motifs is 1. The van der Waals surface area contributed by atoms with Gasteiger partial charge in [-0.2, -0.15) is 0 Å². The van der Waals surface area contributed by atoms with Gasteiger partial charge in [-0.15, -0.1) is 0 Å². The lowest BCUT2D eigenvalue weighted by atomic mass is 10.1. The van der Waals surface area contributed by atoms with Crippen LogP contribution >= 0.6 is 0 Å². The smallest absolute Gasteiger partial charge is 0.303 e. The van der Waals surface area contributed by atoms with Crippen molar-refractivity contribution in [3.05, 3.63) is 53.5 Å². The highest BCUT2D eigenvalue weighted by Crippen LogP contribution is 2.32. The van der Waals surface area contributed by atoms with Crippen molar-refractivity contribution in [2.45, 2.75) is 31.7 Å². The maximum Gasteiger partial charge on any atom is 0.303 e. The largest absolute Gasteiger partial charge is 0.481 e. The molecule has 142 valence electrons. The molecular weight excluding hydrogens is 356 g/mol. The lowest BCUT2D eigenvalue weighted by Crippen LogP contribution is -2.47. The highest BCUT2D eigenvalue weighted by atomic mass is 16.5. The second-order valence-electron chi connectivity index (χ2n) is 6.05. The molecule has 1 aliphatic rings. The Balaban J connectivity index is 1.87. The monoisotopic (exact) mass is 374 g/mol. The van der Waals surface area contributed by atoms with Crippen molar-refractivity contribution in [2.75, 3.05) is 5.32 Å². The average molecular weight is 374 g/mol. The van der Waals surface area contributed by atoms with Crippen LogP contribution in [-0.2, 0) is 11.3 Å². The Morgan fingerprint density at radius 2 is 1.93 bits per heavy atom. The van der Waals surface area contributed by atoms with Crippen molar-refractivity contribution >= 4 is 23.5 Å². The number of hydrogen-bond acceptors (Lipinski definition) is 7. The summed E-state index contributed by atoms with van der Waals surface area (Å²) in [6.07, 6.45) is -1.23. The van der Waals surface area contributed by atoms with Crippen LogP contribution in [0.2, 0.25) is 0 Å². The normalized spacial score (nSPS) is 14.6. The number of aliphatic carboxylic acids is 1. The molecular formula is C18H18N2O7. The molecule has 2 aromatic rings. The number of rotatable bonds is 8. The Labute approximate surface area is 153 Å². The predicted molar refractivity (Wildman–Crippen MR) is 91.9 cm³/mol. The molecule has 1 unspecified atom stereocenters. The number of nitrogens with zero attached hydrogens (tertiary/aromatic N) is 1. The number of benzene rings is 1. The molecule has 1 aromatic carbocycles. The summed E-state index contributed by atoms with van der Waals surface area (Å²) in [4.78, 5) is 37.0. The van der Waals surface area contributed by atoms with E-state index in [9.17, 15) is 24.6 Å². The summed E-state index contributed by atoms with van der Waals surface area (Å²) in [5.74, 6) is -1.94. The fourth-order valence-corrected chi connectivity index (χ4v) is 3.03. The van der Waals surface area contributed by atoms with Gasteiger partial charge in [0.15, 0.2) is 6.29 Å². The van der Waals surface area contributed by atoms with Crippen LogP contribution in [0.5, 0.6) is 0 Å². The number of amides is 2. The lowest BCUT2D eigenvalue weighted by Gasteiger charge is -2.27. The van der Waals surface area contributed by atoms with E-state index in [1.807, 2.05) is 0 Å². The van der Waals surface area contributed by atoms with Crippen LogP contribution in [-0.4, -0.2) is 50.3 Å². The second-order valence-corrected chi connectivity index (χ2v) is 6.05. The van der Waals surface area contributed by atoms with Gasteiger partial charge in [0.05, 0.1) is 30.0 Å². The first-order chi connectivity index (χ1) is 12.9. The zero-order valence-electron chi connectivity index (χ0n) is 14.2. The van der Waals surface area contributed by atoms with E-state index in [2.05, 4.69) is 5.32 Å². The van der Waals surface area contributed by atoms with Crippen molar-refractivity contribution in [3.8, 4) is 0 Å². The van der Waals surface area contributed by atoms with E-state index in [0.717, 1.165) is 4.90 Å². The third kappa shape index (κ3) is 3.69. The molecule has 1 aliphatic heterocycles. The zero-order chi connectivity index (χ0) is 19.6. The first-order valence-electron chi connectivity index (χ1n) is 8.25. The third-order valence-electron chi connectivity index (χ3n) is 4.31. The van der Waals surface area contributed by atoms with Crippen molar-refractivity contribution in [1.29, 1.82) is 0 Å². The number of carboxylic acid groups (broad SMARTS) is 1. The molecule has 3 rings (SSSR count). The minimum Gasteiger partial charge on any atom is -0.481 e. The number of furan rings is 1. The number of anilines is 1. The Hall–Kier alpha value is -3.17. The van der Waals surface area contributed by atoms with Gasteiger partial charge in [0.25, 0.3) is 11.8 Å². The van der Waals surface area contributed by atoms with Gasteiger partial charge >= 0.3 is 5.97 Å². The first kappa shape index (κ1) is 18.6. The Morgan fingerprint density at radius 1 is 1.15 bits per heavy atom. The number of hydrogen-bond donors (Lipinski definition) is 4. The van der Waals surface area contributed by atoms with Gasteiger partial charge in [0.1, 0.15) is 5.76 Å². The van der Waals surface area contributed by atoms with E-state index in [1.54, 1.807) is 24.3 Å². The van der Waals surface area contributed by atoms with Gasteiger partial charge in [-0.1, -0.05) is 6.07 Å². The third-order valence-corrected chi connectivity index (χ3v) is 4.31. The van der Waals surface area contributed by atoms with Crippen molar-refractivity contribution in [2.24, 2.45) is 0 Å². The lowest BCUT2D eigenvalue weighted by molar-refractivity contribution is -0.138. The van der Waals surface area contributed by atoms with Crippen LogP contribution in [0.3, 0.4) is 0 Å². The number of imide groups is 1. The molecule has 0 fully saturated rings. The number of nitrogens with one attached hydrogen (secondary N) is 1. The second kappa shape index (κ2) is 7.60. The summed E-state index contributed by atoms with van der Waals surface area (Å²) in [5, 5.41) is 31.0. The van der Waals surface area contributed by atoms with Crippen LogP contribution in [0.25, 0.3) is 0 Å². The van der Waals surface area contributed by atoms with Crippen LogP contribution in [0.1, 0.15) is 39.3 Å². The van der Waals surface area contributed by atoms with Gasteiger partial charge in [0, 0.05) is 12.1 Å². The molecule has 0 radical (unpaired) electrons. The Kier molecular flexibility index (Phi) is 5.24. The van der Waals surface area contributed by atoms with E-state index in [0.29, 0.717) is 11.4 Å². The SMILES string of the molecule is O=C(O)CCC(C(O)O)N1C(=O)c2cccc(NCc3ccco3)c2C1=O. The molecule has 2 heterocycles. The van der Waals surface area contributed by atoms with Crippen molar-refractivity contribution in [3.63, 3.8) is 0 Å². The Morgan fingerprint density at radius 3 is 2.56 bits per heavy atom. The van der Waals surface area contributed by atoms with E-state index in [-0.39, 0.29) is 24.1 Å². The maximum absolute atomic E-state index is 12.9. The fourth-order valence-electron chi connectivity index (χ4n) is 3.03. The molecule has 9 nitrogen and oxygen atoms in total. The molecule has 0 saturated heterocycles. The summed E-state index contributed by atoms with van der Waals surface area (Å²) < 4.78 is 5.22. The van der Waals surface area contributed by atoms with E-state index in [1.165, 1.54) is 12.3 Å². The van der Waals surface area contributed by atoms with Gasteiger partial charge in [0.2, 0.25) is 0 Å². The van der Waals surface area contributed by atoms with E-state index >= 15 is 0 Å². The molecule has 27 heavy (non-hydrogen) atoms. The number of carbonyl (C=O) groups excluding carboxylic acids is 2. The molecule has 0 spiro atoms. The van der Waals surface area contributed by atoms with Crippen LogP contribution in [0.15, 0.2) is 41.0 Å². The van der Waals surface area contributed by atoms with Crippen molar-refractivity contribution < 1.29 is 34.1 Å². The first-order valence-corrected chi connectivity index (χ1v) is 8.25. The highest BCUT2D eigenvalue weighted by Gasteiger charge is 2.43. The van der Waals surface area contributed by atoms with Crippen LogP contribution < -0.4 is 5.32 Å². The molecule has 1 aromatic heterocycles. The molecule has 4 N–H and O–H groups in total. The number of carbonyl (C=O) groups is 3.